The van der Waals surface area contributed by atoms with Crippen molar-refractivity contribution in [1.29, 1.82) is 0 Å². The second-order valence-corrected chi connectivity index (χ2v) is 5.57. The van der Waals surface area contributed by atoms with Crippen LogP contribution in [-0.4, -0.2) is 23.2 Å². The number of hydrogen-bond acceptors (Lipinski definition) is 4. The first-order valence-electron chi connectivity index (χ1n) is 6.37. The Labute approximate surface area is 125 Å². The number of aromatic carboxylic acids is 1. The van der Waals surface area contributed by atoms with Gasteiger partial charge in [-0.25, -0.2) is 9.78 Å². The zero-order valence-electron chi connectivity index (χ0n) is 11.6. The van der Waals surface area contributed by atoms with Crippen LogP contribution in [0.2, 0.25) is 0 Å². The molecule has 2 heterocycles. The standard InChI is InChI=1S/C16H13NO3S/c1-9-14(16(18)19)11-6-5-10(20-2)8-12(11)17-15(9)13-4-3-7-21-13/h3-8H,1-2H3,(H,18,19). The molecule has 0 bridgehead atoms. The second-order valence-electron chi connectivity index (χ2n) is 4.63. The summed E-state index contributed by atoms with van der Waals surface area (Å²) in [7, 11) is 1.58. The van der Waals surface area contributed by atoms with Gasteiger partial charge in [0.15, 0.2) is 0 Å². The monoisotopic (exact) mass is 299 g/mol. The SMILES string of the molecule is COc1ccc2c(C(=O)O)c(C)c(-c3cccs3)nc2c1. The quantitative estimate of drug-likeness (QED) is 0.794. The van der Waals surface area contributed by atoms with Crippen LogP contribution >= 0.6 is 11.3 Å². The fraction of sp³-hybridized carbons (Fsp3) is 0.125. The fourth-order valence-corrected chi connectivity index (χ4v) is 3.17. The van der Waals surface area contributed by atoms with Gasteiger partial charge >= 0.3 is 5.97 Å². The van der Waals surface area contributed by atoms with Gasteiger partial charge in [-0.15, -0.1) is 11.3 Å². The summed E-state index contributed by atoms with van der Waals surface area (Å²) in [5.41, 5.74) is 2.32. The Kier molecular flexibility index (Phi) is 3.35. The number of thiophene rings is 1. The van der Waals surface area contributed by atoms with E-state index in [1.165, 1.54) is 0 Å². The number of benzene rings is 1. The minimum Gasteiger partial charge on any atom is -0.497 e. The number of fused-ring (bicyclic) bond motifs is 1. The van der Waals surface area contributed by atoms with E-state index in [9.17, 15) is 9.90 Å². The molecule has 0 atom stereocenters. The molecule has 0 aliphatic heterocycles. The molecule has 0 aliphatic rings. The number of aromatic nitrogens is 1. The molecule has 0 saturated heterocycles. The molecule has 0 aliphatic carbocycles. The highest BCUT2D eigenvalue weighted by atomic mass is 32.1. The number of carboxylic acid groups (broad SMARTS) is 1. The topological polar surface area (TPSA) is 59.4 Å². The first kappa shape index (κ1) is 13.6. The van der Waals surface area contributed by atoms with E-state index in [0.29, 0.717) is 33.5 Å². The molecule has 4 nitrogen and oxygen atoms in total. The van der Waals surface area contributed by atoms with Crippen LogP contribution < -0.4 is 4.74 Å². The van der Waals surface area contributed by atoms with Crippen molar-refractivity contribution in [2.75, 3.05) is 7.11 Å². The lowest BCUT2D eigenvalue weighted by Gasteiger charge is -2.11. The van der Waals surface area contributed by atoms with Gasteiger partial charge in [0, 0.05) is 11.5 Å². The number of carbonyl (C=O) groups is 1. The van der Waals surface area contributed by atoms with Crippen molar-refractivity contribution in [3.63, 3.8) is 0 Å². The van der Waals surface area contributed by atoms with Gasteiger partial charge < -0.3 is 9.84 Å². The van der Waals surface area contributed by atoms with E-state index in [0.717, 1.165) is 4.88 Å². The number of ether oxygens (including phenoxy) is 1. The van der Waals surface area contributed by atoms with Gasteiger partial charge in [0.05, 0.1) is 28.8 Å². The highest BCUT2D eigenvalue weighted by Crippen LogP contribution is 2.33. The average Bonchev–Trinajstić information content (AvgIpc) is 2.99. The van der Waals surface area contributed by atoms with E-state index in [1.807, 2.05) is 17.5 Å². The van der Waals surface area contributed by atoms with Crippen LogP contribution in [0.4, 0.5) is 0 Å². The third-order valence-corrected chi connectivity index (χ3v) is 4.28. The van der Waals surface area contributed by atoms with Gasteiger partial charge in [0.2, 0.25) is 0 Å². The lowest BCUT2D eigenvalue weighted by molar-refractivity contribution is 0.0698. The summed E-state index contributed by atoms with van der Waals surface area (Å²) in [4.78, 5) is 17.3. The maximum Gasteiger partial charge on any atom is 0.336 e. The van der Waals surface area contributed by atoms with Gasteiger partial charge in [-0.3, -0.25) is 0 Å². The van der Waals surface area contributed by atoms with E-state index < -0.39 is 5.97 Å². The molecule has 2 aromatic heterocycles. The maximum absolute atomic E-state index is 11.7. The number of hydrogen-bond donors (Lipinski definition) is 1. The van der Waals surface area contributed by atoms with Crippen LogP contribution in [0.15, 0.2) is 35.7 Å². The summed E-state index contributed by atoms with van der Waals surface area (Å²) >= 11 is 1.54. The van der Waals surface area contributed by atoms with Crippen molar-refractivity contribution in [3.8, 4) is 16.3 Å². The fourth-order valence-electron chi connectivity index (χ4n) is 2.40. The van der Waals surface area contributed by atoms with E-state index in [-0.39, 0.29) is 0 Å². The minimum atomic E-state index is -0.942. The third-order valence-electron chi connectivity index (χ3n) is 3.41. The number of carboxylic acids is 1. The second kappa shape index (κ2) is 5.18. The normalized spacial score (nSPS) is 10.8. The van der Waals surface area contributed by atoms with Crippen LogP contribution in [0.1, 0.15) is 15.9 Å². The number of rotatable bonds is 3. The summed E-state index contributed by atoms with van der Waals surface area (Å²) in [6.45, 7) is 1.80. The Morgan fingerprint density at radius 3 is 2.76 bits per heavy atom. The van der Waals surface area contributed by atoms with Gasteiger partial charge in [0.1, 0.15) is 5.75 Å². The number of pyridine rings is 1. The van der Waals surface area contributed by atoms with E-state index in [2.05, 4.69) is 4.98 Å². The molecule has 0 spiro atoms. The largest absolute Gasteiger partial charge is 0.497 e. The number of nitrogens with zero attached hydrogens (tertiary/aromatic N) is 1. The van der Waals surface area contributed by atoms with Crippen molar-refractivity contribution in [1.82, 2.24) is 4.98 Å². The molecule has 1 aromatic carbocycles. The highest BCUT2D eigenvalue weighted by molar-refractivity contribution is 7.13. The van der Waals surface area contributed by atoms with Crippen molar-refractivity contribution in [2.45, 2.75) is 6.92 Å². The molecule has 3 aromatic rings. The van der Waals surface area contributed by atoms with Crippen molar-refractivity contribution >= 4 is 28.2 Å². The molecular weight excluding hydrogens is 286 g/mol. The van der Waals surface area contributed by atoms with Crippen LogP contribution in [-0.2, 0) is 0 Å². The molecule has 106 valence electrons. The predicted octanol–water partition coefficient (Wildman–Crippen LogP) is 3.98. The van der Waals surface area contributed by atoms with Crippen molar-refractivity contribution in [3.05, 3.63) is 46.8 Å². The van der Waals surface area contributed by atoms with Crippen LogP contribution in [0, 0.1) is 6.92 Å². The van der Waals surface area contributed by atoms with Crippen LogP contribution in [0.25, 0.3) is 21.5 Å². The summed E-state index contributed by atoms with van der Waals surface area (Å²) in [6.07, 6.45) is 0. The van der Waals surface area contributed by atoms with E-state index in [1.54, 1.807) is 43.6 Å². The lowest BCUT2D eigenvalue weighted by atomic mass is 10.0. The molecule has 0 amide bonds. The average molecular weight is 299 g/mol. The molecule has 0 fully saturated rings. The van der Waals surface area contributed by atoms with Crippen LogP contribution in [0.5, 0.6) is 5.75 Å². The molecule has 5 heteroatoms. The van der Waals surface area contributed by atoms with Gasteiger partial charge in [-0.1, -0.05) is 6.07 Å². The summed E-state index contributed by atoms with van der Waals surface area (Å²) in [6, 6.07) is 9.13. The van der Waals surface area contributed by atoms with Gasteiger partial charge in [0.25, 0.3) is 0 Å². The molecule has 3 rings (SSSR count). The summed E-state index contributed by atoms with van der Waals surface area (Å²) in [5, 5.41) is 12.1. The Hall–Kier alpha value is -2.40. The Bertz CT molecular complexity index is 825. The van der Waals surface area contributed by atoms with E-state index >= 15 is 0 Å². The first-order chi connectivity index (χ1) is 10.1. The van der Waals surface area contributed by atoms with E-state index in [4.69, 9.17) is 4.74 Å². The Morgan fingerprint density at radius 1 is 1.33 bits per heavy atom. The molecule has 21 heavy (non-hydrogen) atoms. The smallest absolute Gasteiger partial charge is 0.336 e. The summed E-state index contributed by atoms with van der Waals surface area (Å²) < 4.78 is 5.20. The first-order valence-corrected chi connectivity index (χ1v) is 7.25. The maximum atomic E-state index is 11.7. The zero-order valence-corrected chi connectivity index (χ0v) is 12.4. The predicted molar refractivity (Wildman–Crippen MR) is 83.3 cm³/mol. The third kappa shape index (κ3) is 2.25. The molecule has 0 unspecified atom stereocenters. The van der Waals surface area contributed by atoms with Crippen molar-refractivity contribution < 1.29 is 14.6 Å². The van der Waals surface area contributed by atoms with Crippen LogP contribution in [0.3, 0.4) is 0 Å². The Balaban J connectivity index is 2.39. The minimum absolute atomic E-state index is 0.297. The molecular formula is C16H13NO3S. The molecule has 0 saturated carbocycles. The highest BCUT2D eigenvalue weighted by Gasteiger charge is 2.19. The van der Waals surface area contributed by atoms with Gasteiger partial charge in [-0.2, -0.15) is 0 Å². The van der Waals surface area contributed by atoms with Gasteiger partial charge in [-0.05, 0) is 36.1 Å². The van der Waals surface area contributed by atoms with Crippen molar-refractivity contribution in [2.24, 2.45) is 0 Å². The summed E-state index contributed by atoms with van der Waals surface area (Å²) in [5.74, 6) is -0.282. The molecule has 0 radical (unpaired) electrons. The zero-order chi connectivity index (χ0) is 15.0. The molecule has 1 N–H and O–H groups in total. The Morgan fingerprint density at radius 2 is 2.14 bits per heavy atom. The lowest BCUT2D eigenvalue weighted by Crippen LogP contribution is -2.04. The number of methoxy groups -OCH3 is 1.